The maximum absolute atomic E-state index is 13.0. The van der Waals surface area contributed by atoms with Gasteiger partial charge in [0.2, 0.25) is 0 Å². The summed E-state index contributed by atoms with van der Waals surface area (Å²) in [5.74, 6) is 0.0254. The fourth-order valence-electron chi connectivity index (χ4n) is 9.97. The number of esters is 4. The van der Waals surface area contributed by atoms with E-state index >= 15 is 0 Å². The lowest BCUT2D eigenvalue weighted by Crippen LogP contribution is -2.30. The van der Waals surface area contributed by atoms with Crippen LogP contribution in [-0.4, -0.2) is 96.7 Å². The minimum Gasteiger partial charge on any atom is -0.462 e. The van der Waals surface area contributed by atoms with E-state index in [0.29, 0.717) is 31.6 Å². The molecule has 524 valence electrons. The second-order valence-corrected chi connectivity index (χ2v) is 28.7. The summed E-state index contributed by atoms with van der Waals surface area (Å²) in [6.45, 7) is 11.7. The molecule has 0 saturated carbocycles. The van der Waals surface area contributed by atoms with Gasteiger partial charge >= 0.3 is 39.5 Å². The van der Waals surface area contributed by atoms with Gasteiger partial charge in [-0.25, -0.2) is 9.13 Å². The van der Waals surface area contributed by atoms with Crippen molar-refractivity contribution in [1.82, 2.24) is 0 Å². The summed E-state index contributed by atoms with van der Waals surface area (Å²) in [6, 6.07) is 0. The number of aliphatic hydroxyl groups is 1. The van der Waals surface area contributed by atoms with Gasteiger partial charge in [-0.05, 0) is 69.1 Å². The van der Waals surface area contributed by atoms with Crippen LogP contribution < -0.4 is 0 Å². The van der Waals surface area contributed by atoms with Gasteiger partial charge in [-0.2, -0.15) is 0 Å². The van der Waals surface area contributed by atoms with E-state index in [1.165, 1.54) is 109 Å². The average molecular weight is 1310 g/mol. The number of hydrogen-bond acceptors (Lipinski definition) is 15. The largest absolute Gasteiger partial charge is 0.472 e. The molecule has 6 atom stereocenters. The van der Waals surface area contributed by atoms with Gasteiger partial charge in [-0.1, -0.05) is 272 Å². The molecule has 17 nitrogen and oxygen atoms in total. The molecule has 0 aromatic heterocycles. The molecule has 89 heavy (non-hydrogen) atoms. The van der Waals surface area contributed by atoms with Crippen LogP contribution in [0.15, 0.2) is 24.3 Å². The number of hydrogen-bond donors (Lipinski definition) is 3. The zero-order valence-corrected chi connectivity index (χ0v) is 59.2. The standard InChI is InChI=1S/C70H132O17P2/c1-8-10-11-12-13-14-15-16-17-18-21-24-29-37-44-51-67(72)80-57-65(86-69(74)53-46-39-30-25-22-19-20-23-27-34-41-48-61(3)4)59-84-88(76,77)82-55-64(71)56-83-89(78,79)85-60-66(87-70(75)54-47-40-31-26-28-35-42-49-62(5)6)58-81-68(73)52-45-38-33-32-36-43-50-63(7)9-2/h14-17,61-66,71H,8-13,18-60H2,1-7H3,(H,76,77)(H,78,79)/b15-14-,17-16-/t63?,64-,65-,66-/m1/s1. The topological polar surface area (TPSA) is 237 Å². The molecule has 0 heterocycles. The number of ether oxygens (including phenoxy) is 4. The van der Waals surface area contributed by atoms with Gasteiger partial charge in [0.15, 0.2) is 12.2 Å². The van der Waals surface area contributed by atoms with Gasteiger partial charge in [0.25, 0.3) is 0 Å². The highest BCUT2D eigenvalue weighted by Gasteiger charge is 2.30. The highest BCUT2D eigenvalue weighted by atomic mass is 31.2. The lowest BCUT2D eigenvalue weighted by atomic mass is 10.00. The van der Waals surface area contributed by atoms with Gasteiger partial charge in [-0.15, -0.1) is 0 Å². The molecule has 0 aromatic carbocycles. The molecular weight excluding hydrogens is 1170 g/mol. The summed E-state index contributed by atoms with van der Waals surface area (Å²) in [5, 5.41) is 10.6. The Labute approximate surface area is 542 Å². The molecule has 0 amide bonds. The molecule has 19 heteroatoms. The molecular formula is C70H132O17P2. The first-order valence-electron chi connectivity index (χ1n) is 35.7. The number of carbonyl (C=O) groups excluding carboxylic acids is 4. The minimum atomic E-state index is -4.96. The number of carbonyl (C=O) groups is 4. The molecule has 0 fully saturated rings. The fraction of sp³-hybridized carbons (Fsp3) is 0.886. The predicted molar refractivity (Wildman–Crippen MR) is 358 cm³/mol. The van der Waals surface area contributed by atoms with Crippen LogP contribution in [-0.2, 0) is 65.4 Å². The van der Waals surface area contributed by atoms with Crippen molar-refractivity contribution >= 4 is 39.5 Å². The van der Waals surface area contributed by atoms with Crippen molar-refractivity contribution in [2.75, 3.05) is 39.6 Å². The second kappa shape index (κ2) is 60.5. The molecule has 0 spiro atoms. The van der Waals surface area contributed by atoms with Crippen molar-refractivity contribution in [2.24, 2.45) is 17.8 Å². The van der Waals surface area contributed by atoms with E-state index in [1.807, 2.05) is 0 Å². The maximum Gasteiger partial charge on any atom is 0.472 e. The number of aliphatic hydroxyl groups excluding tert-OH is 1. The van der Waals surface area contributed by atoms with Crippen molar-refractivity contribution < 1.29 is 80.2 Å². The van der Waals surface area contributed by atoms with E-state index in [-0.39, 0.29) is 25.7 Å². The quantitative estimate of drug-likeness (QED) is 0.0169. The number of rotatable bonds is 66. The zero-order valence-electron chi connectivity index (χ0n) is 57.4. The number of phosphoric ester groups is 2. The van der Waals surface area contributed by atoms with Crippen molar-refractivity contribution in [1.29, 1.82) is 0 Å². The third-order valence-electron chi connectivity index (χ3n) is 15.9. The summed E-state index contributed by atoms with van der Waals surface area (Å²) in [6.07, 6.45) is 46.8. The van der Waals surface area contributed by atoms with Gasteiger partial charge in [0.1, 0.15) is 19.3 Å². The summed E-state index contributed by atoms with van der Waals surface area (Å²) < 4.78 is 68.2. The first kappa shape index (κ1) is 86.5. The summed E-state index contributed by atoms with van der Waals surface area (Å²) in [4.78, 5) is 72.5. The highest BCUT2D eigenvalue weighted by molar-refractivity contribution is 7.47. The van der Waals surface area contributed by atoms with Crippen LogP contribution in [0.2, 0.25) is 0 Å². The average Bonchev–Trinajstić information content (AvgIpc) is 3.71. The Hall–Kier alpha value is -2.46. The van der Waals surface area contributed by atoms with Crippen LogP contribution in [0.4, 0.5) is 0 Å². The monoisotopic (exact) mass is 1310 g/mol. The maximum atomic E-state index is 13.0. The molecule has 0 aliphatic rings. The lowest BCUT2D eigenvalue weighted by molar-refractivity contribution is -0.161. The van der Waals surface area contributed by atoms with Crippen LogP contribution in [0.25, 0.3) is 0 Å². The van der Waals surface area contributed by atoms with E-state index < -0.39 is 97.5 Å². The summed E-state index contributed by atoms with van der Waals surface area (Å²) in [7, 11) is -9.91. The Balaban J connectivity index is 5.29. The Kier molecular flexibility index (Phi) is 58.8. The van der Waals surface area contributed by atoms with Crippen LogP contribution in [0.3, 0.4) is 0 Å². The molecule has 0 aliphatic carbocycles. The molecule has 0 saturated heterocycles. The van der Waals surface area contributed by atoms with Crippen LogP contribution >= 0.6 is 15.6 Å². The first-order valence-corrected chi connectivity index (χ1v) is 38.7. The Bertz CT molecular complexity index is 1840. The summed E-state index contributed by atoms with van der Waals surface area (Å²) in [5.41, 5.74) is 0. The molecule has 0 radical (unpaired) electrons. The van der Waals surface area contributed by atoms with Crippen molar-refractivity contribution in [2.45, 2.75) is 343 Å². The van der Waals surface area contributed by atoms with Gasteiger partial charge in [0, 0.05) is 25.7 Å². The van der Waals surface area contributed by atoms with E-state index in [9.17, 15) is 43.2 Å². The summed E-state index contributed by atoms with van der Waals surface area (Å²) >= 11 is 0. The number of allylic oxidation sites excluding steroid dienone is 4. The van der Waals surface area contributed by atoms with Crippen LogP contribution in [0.1, 0.15) is 325 Å². The van der Waals surface area contributed by atoms with E-state index in [1.54, 1.807) is 0 Å². The Morgan fingerprint density at radius 3 is 1.00 bits per heavy atom. The van der Waals surface area contributed by atoms with Crippen molar-refractivity contribution in [3.8, 4) is 0 Å². The van der Waals surface area contributed by atoms with Crippen LogP contribution in [0, 0.1) is 17.8 Å². The third-order valence-corrected chi connectivity index (χ3v) is 17.8. The lowest BCUT2D eigenvalue weighted by Gasteiger charge is -2.21. The highest BCUT2D eigenvalue weighted by Crippen LogP contribution is 2.45. The fourth-order valence-corrected chi connectivity index (χ4v) is 11.5. The zero-order chi connectivity index (χ0) is 65.9. The molecule has 0 rings (SSSR count). The van der Waals surface area contributed by atoms with Crippen molar-refractivity contribution in [3.05, 3.63) is 24.3 Å². The first-order chi connectivity index (χ1) is 42.8. The number of unbranched alkanes of at least 4 members (excludes halogenated alkanes) is 30. The SMILES string of the molecule is CCCCCC/C=C\C=C/CCCCCCCC(=O)OC[C@H](COP(=O)(O)OC[C@@H](O)COP(=O)(O)OC[C@@H](COC(=O)CCCCCCCCC(C)CC)OC(=O)CCCCCCCCCC(C)C)OC(=O)CCCCCCCCCCCCCC(C)C. The minimum absolute atomic E-state index is 0.0989. The Morgan fingerprint density at radius 2 is 0.663 bits per heavy atom. The van der Waals surface area contributed by atoms with Gasteiger partial charge in [-0.3, -0.25) is 37.3 Å². The van der Waals surface area contributed by atoms with E-state index in [0.717, 1.165) is 127 Å². The molecule has 0 bridgehead atoms. The van der Waals surface area contributed by atoms with E-state index in [2.05, 4.69) is 72.8 Å². The predicted octanol–water partition coefficient (Wildman–Crippen LogP) is 19.4. The van der Waals surface area contributed by atoms with Crippen molar-refractivity contribution in [3.63, 3.8) is 0 Å². The molecule has 3 unspecified atom stereocenters. The second-order valence-electron chi connectivity index (χ2n) is 25.8. The molecule has 0 aliphatic heterocycles. The molecule has 0 aromatic rings. The normalized spacial score (nSPS) is 14.7. The number of phosphoric acid groups is 2. The smallest absolute Gasteiger partial charge is 0.462 e. The van der Waals surface area contributed by atoms with E-state index in [4.69, 9.17) is 37.0 Å². The third kappa shape index (κ3) is 62.7. The Morgan fingerprint density at radius 1 is 0.371 bits per heavy atom. The van der Waals surface area contributed by atoms with Gasteiger partial charge in [0.05, 0.1) is 26.4 Å². The van der Waals surface area contributed by atoms with Gasteiger partial charge < -0.3 is 33.8 Å². The van der Waals surface area contributed by atoms with Crippen LogP contribution in [0.5, 0.6) is 0 Å². The molecule has 3 N–H and O–H groups in total.